The van der Waals surface area contributed by atoms with Gasteiger partial charge in [0.25, 0.3) is 0 Å². The zero-order valence-corrected chi connectivity index (χ0v) is 20.7. The van der Waals surface area contributed by atoms with Crippen LogP contribution in [-0.4, -0.2) is 61.5 Å². The minimum atomic E-state index is -0.139. The molecule has 1 amide bonds. The number of nitrogens with zero attached hydrogens (tertiary/aromatic N) is 3. The van der Waals surface area contributed by atoms with Gasteiger partial charge < -0.3 is 28.4 Å². The predicted molar refractivity (Wildman–Crippen MR) is 129 cm³/mol. The lowest BCUT2D eigenvalue weighted by molar-refractivity contribution is -0.127. The third-order valence-electron chi connectivity index (χ3n) is 5.91. The van der Waals surface area contributed by atoms with Crippen molar-refractivity contribution in [3.8, 4) is 34.4 Å². The van der Waals surface area contributed by atoms with Crippen molar-refractivity contribution in [1.29, 1.82) is 0 Å². The number of hydrogen-bond acceptors (Lipinski definition) is 8. The first-order chi connectivity index (χ1) is 16.9. The average Bonchev–Trinajstić information content (AvgIpc) is 3.49. The number of amides is 1. The minimum Gasteiger partial charge on any atom is -0.493 e. The first-order valence-electron chi connectivity index (χ1n) is 11.6. The van der Waals surface area contributed by atoms with E-state index in [9.17, 15) is 4.79 Å². The SMILES string of the molecule is COc1ccc(CCN2CC(c3nc(-c4ccc(OC(C)C)c(OC)c4)no3)CC2=O)cc1OC. The maximum atomic E-state index is 12.6. The van der Waals surface area contributed by atoms with Crippen LogP contribution < -0.4 is 18.9 Å². The Hall–Kier alpha value is -3.75. The molecule has 2 heterocycles. The van der Waals surface area contributed by atoms with Crippen molar-refractivity contribution in [3.63, 3.8) is 0 Å². The topological polar surface area (TPSA) is 96.2 Å². The van der Waals surface area contributed by atoms with Crippen LogP contribution in [0, 0.1) is 0 Å². The van der Waals surface area contributed by atoms with Gasteiger partial charge in [-0.25, -0.2) is 0 Å². The van der Waals surface area contributed by atoms with Crippen LogP contribution in [0.1, 0.15) is 37.6 Å². The third kappa shape index (κ3) is 5.50. The summed E-state index contributed by atoms with van der Waals surface area (Å²) in [5.41, 5.74) is 1.82. The number of likely N-dealkylation sites (tertiary alicyclic amines) is 1. The Morgan fingerprint density at radius 3 is 2.43 bits per heavy atom. The maximum absolute atomic E-state index is 12.6. The smallest absolute Gasteiger partial charge is 0.232 e. The van der Waals surface area contributed by atoms with Gasteiger partial charge in [0.15, 0.2) is 23.0 Å². The molecule has 1 atom stereocenters. The molecule has 3 aromatic rings. The van der Waals surface area contributed by atoms with E-state index in [2.05, 4.69) is 10.1 Å². The summed E-state index contributed by atoms with van der Waals surface area (Å²) in [7, 11) is 4.81. The monoisotopic (exact) mass is 481 g/mol. The van der Waals surface area contributed by atoms with Gasteiger partial charge in [-0.05, 0) is 56.2 Å². The molecule has 35 heavy (non-hydrogen) atoms. The number of benzene rings is 2. The van der Waals surface area contributed by atoms with E-state index >= 15 is 0 Å². The molecular weight excluding hydrogens is 450 g/mol. The minimum absolute atomic E-state index is 0.0288. The summed E-state index contributed by atoms with van der Waals surface area (Å²) in [6.07, 6.45) is 1.08. The lowest BCUT2D eigenvalue weighted by Gasteiger charge is -2.16. The highest BCUT2D eigenvalue weighted by Gasteiger charge is 2.34. The molecule has 0 aliphatic carbocycles. The molecule has 1 aliphatic heterocycles. The highest BCUT2D eigenvalue weighted by molar-refractivity contribution is 5.79. The number of hydrogen-bond donors (Lipinski definition) is 0. The van der Waals surface area contributed by atoms with Gasteiger partial charge in [-0.15, -0.1) is 0 Å². The zero-order valence-electron chi connectivity index (χ0n) is 20.7. The van der Waals surface area contributed by atoms with Crippen LogP contribution in [0.5, 0.6) is 23.0 Å². The normalized spacial score (nSPS) is 15.5. The van der Waals surface area contributed by atoms with Crippen molar-refractivity contribution < 1.29 is 28.3 Å². The first kappa shape index (κ1) is 24.4. The van der Waals surface area contributed by atoms with E-state index in [0.29, 0.717) is 60.6 Å². The fourth-order valence-corrected chi connectivity index (χ4v) is 4.13. The fraction of sp³-hybridized carbons (Fsp3) is 0.423. The first-order valence-corrected chi connectivity index (χ1v) is 11.6. The van der Waals surface area contributed by atoms with Crippen LogP contribution in [0.25, 0.3) is 11.4 Å². The van der Waals surface area contributed by atoms with Crippen LogP contribution in [0.4, 0.5) is 0 Å². The standard InChI is InChI=1S/C26H31N3O6/c1-16(2)34-21-9-7-18(13-23(21)33-5)25-27-26(35-28-25)19-14-24(30)29(15-19)11-10-17-6-8-20(31-3)22(12-17)32-4/h6-9,12-13,16,19H,10-11,14-15H2,1-5H3. The quantitative estimate of drug-likeness (QED) is 0.427. The third-order valence-corrected chi connectivity index (χ3v) is 5.91. The van der Waals surface area contributed by atoms with Gasteiger partial charge in [0.1, 0.15) is 0 Å². The van der Waals surface area contributed by atoms with E-state index in [1.54, 1.807) is 21.3 Å². The average molecular weight is 482 g/mol. The summed E-state index contributed by atoms with van der Waals surface area (Å²) >= 11 is 0. The van der Waals surface area contributed by atoms with Gasteiger partial charge in [-0.1, -0.05) is 11.2 Å². The van der Waals surface area contributed by atoms with E-state index in [1.807, 2.05) is 55.1 Å². The molecule has 0 bridgehead atoms. The number of carbonyl (C=O) groups excluding carboxylic acids is 1. The van der Waals surface area contributed by atoms with Crippen molar-refractivity contribution in [2.24, 2.45) is 0 Å². The Balaban J connectivity index is 1.41. The molecule has 1 fully saturated rings. The number of aromatic nitrogens is 2. The molecule has 4 rings (SSSR count). The highest BCUT2D eigenvalue weighted by Crippen LogP contribution is 2.34. The second kappa shape index (κ2) is 10.7. The summed E-state index contributed by atoms with van der Waals surface area (Å²) in [6.45, 7) is 5.05. The molecule has 0 saturated carbocycles. The van der Waals surface area contributed by atoms with Crippen molar-refractivity contribution >= 4 is 5.91 Å². The summed E-state index contributed by atoms with van der Waals surface area (Å²) in [4.78, 5) is 19.1. The molecule has 9 nitrogen and oxygen atoms in total. The van der Waals surface area contributed by atoms with Gasteiger partial charge in [0.2, 0.25) is 17.6 Å². The summed E-state index contributed by atoms with van der Waals surface area (Å²) in [6, 6.07) is 11.3. The molecule has 0 radical (unpaired) electrons. The highest BCUT2D eigenvalue weighted by atomic mass is 16.5. The van der Waals surface area contributed by atoms with Crippen molar-refractivity contribution in [2.45, 2.75) is 38.7 Å². The number of carbonyl (C=O) groups is 1. The zero-order chi connectivity index (χ0) is 24.9. The molecule has 2 aromatic carbocycles. The van der Waals surface area contributed by atoms with Gasteiger partial charge >= 0.3 is 0 Å². The van der Waals surface area contributed by atoms with Gasteiger partial charge in [-0.3, -0.25) is 4.79 Å². The molecule has 1 aliphatic rings. The van der Waals surface area contributed by atoms with Crippen LogP contribution in [0.15, 0.2) is 40.9 Å². The largest absolute Gasteiger partial charge is 0.493 e. The molecule has 0 spiro atoms. The Bertz CT molecular complexity index is 1180. The van der Waals surface area contributed by atoms with E-state index < -0.39 is 0 Å². The Labute approximate surface area is 204 Å². The number of rotatable bonds is 10. The van der Waals surface area contributed by atoms with Crippen molar-refractivity contribution in [1.82, 2.24) is 15.0 Å². The predicted octanol–water partition coefficient (Wildman–Crippen LogP) is 4.11. The maximum Gasteiger partial charge on any atom is 0.232 e. The molecule has 9 heteroatoms. The fourth-order valence-electron chi connectivity index (χ4n) is 4.13. The van der Waals surface area contributed by atoms with Gasteiger partial charge in [0, 0.05) is 25.1 Å². The van der Waals surface area contributed by atoms with Crippen LogP contribution in [-0.2, 0) is 11.2 Å². The van der Waals surface area contributed by atoms with Crippen molar-refractivity contribution in [3.05, 3.63) is 47.9 Å². The lowest BCUT2D eigenvalue weighted by Crippen LogP contribution is -2.27. The molecule has 0 N–H and O–H groups in total. The van der Waals surface area contributed by atoms with E-state index in [0.717, 1.165) is 11.1 Å². The summed E-state index contributed by atoms with van der Waals surface area (Å²) in [5, 5.41) is 4.14. The summed E-state index contributed by atoms with van der Waals surface area (Å²) < 4.78 is 27.4. The molecule has 186 valence electrons. The number of methoxy groups -OCH3 is 3. The molecular formula is C26H31N3O6. The van der Waals surface area contributed by atoms with Gasteiger partial charge in [-0.2, -0.15) is 4.98 Å². The van der Waals surface area contributed by atoms with E-state index in [4.69, 9.17) is 23.5 Å². The van der Waals surface area contributed by atoms with E-state index in [-0.39, 0.29) is 17.9 Å². The molecule has 1 aromatic heterocycles. The molecule has 1 unspecified atom stereocenters. The Morgan fingerprint density at radius 1 is 1.00 bits per heavy atom. The number of ether oxygens (including phenoxy) is 4. The van der Waals surface area contributed by atoms with Gasteiger partial charge in [0.05, 0.1) is 33.4 Å². The lowest BCUT2D eigenvalue weighted by atomic mass is 10.1. The second-order valence-electron chi connectivity index (χ2n) is 8.67. The Kier molecular flexibility index (Phi) is 7.43. The second-order valence-corrected chi connectivity index (χ2v) is 8.67. The molecule has 1 saturated heterocycles. The summed E-state index contributed by atoms with van der Waals surface area (Å²) in [5.74, 6) is 3.46. The van der Waals surface area contributed by atoms with Crippen LogP contribution in [0.3, 0.4) is 0 Å². The Morgan fingerprint density at radius 2 is 1.71 bits per heavy atom. The van der Waals surface area contributed by atoms with Crippen molar-refractivity contribution in [2.75, 3.05) is 34.4 Å². The van der Waals surface area contributed by atoms with E-state index in [1.165, 1.54) is 0 Å². The van der Waals surface area contributed by atoms with Crippen LogP contribution in [0.2, 0.25) is 0 Å². The van der Waals surface area contributed by atoms with Crippen LogP contribution >= 0.6 is 0 Å².